The summed E-state index contributed by atoms with van der Waals surface area (Å²) in [6.45, 7) is 11.4. The van der Waals surface area contributed by atoms with Gasteiger partial charge in [-0.15, -0.1) is 0 Å². The molecule has 0 fully saturated rings. The number of ether oxygens (including phenoxy) is 1. The highest BCUT2D eigenvalue weighted by atomic mass is 16.5. The summed E-state index contributed by atoms with van der Waals surface area (Å²) < 4.78 is 5.69. The molecule has 0 saturated heterocycles. The van der Waals surface area contributed by atoms with E-state index in [0.29, 0.717) is 12.3 Å². The van der Waals surface area contributed by atoms with Crippen molar-refractivity contribution in [3.63, 3.8) is 0 Å². The minimum Gasteiger partial charge on any atom is -0.507 e. The second-order valence-electron chi connectivity index (χ2n) is 9.44. The topological polar surface area (TPSA) is 78.8 Å². The monoisotopic (exact) mass is 411 g/mol. The maximum absolute atomic E-state index is 11.9. The molecule has 1 aliphatic rings. The van der Waals surface area contributed by atoms with Crippen molar-refractivity contribution in [2.45, 2.75) is 64.4 Å². The summed E-state index contributed by atoms with van der Waals surface area (Å²) in [6.07, 6.45) is 1.47. The Kier molecular flexibility index (Phi) is 6.14. The van der Waals surface area contributed by atoms with E-state index in [-0.39, 0.29) is 34.7 Å². The quantitative estimate of drug-likeness (QED) is 0.649. The van der Waals surface area contributed by atoms with Crippen molar-refractivity contribution in [2.75, 3.05) is 13.2 Å². The molecule has 0 aromatic heterocycles. The normalized spacial score (nSPS) is 17.7. The van der Waals surface area contributed by atoms with Gasteiger partial charge >= 0.3 is 0 Å². The Labute approximate surface area is 179 Å². The molecule has 3 N–H and O–H groups in total. The SMILES string of the molecule is CCNC(=O)c1ccc(OCC(O)c2ccc3c(c2)C(C)(C)CCC3(C)C)cc1O. The first-order valence-electron chi connectivity index (χ1n) is 10.6. The van der Waals surface area contributed by atoms with Crippen LogP contribution in [-0.4, -0.2) is 29.3 Å². The summed E-state index contributed by atoms with van der Waals surface area (Å²) in [5.74, 6) is -0.0779. The highest BCUT2D eigenvalue weighted by molar-refractivity contribution is 5.96. The van der Waals surface area contributed by atoms with Crippen molar-refractivity contribution in [1.29, 1.82) is 0 Å². The zero-order valence-electron chi connectivity index (χ0n) is 18.6. The molecule has 0 radical (unpaired) electrons. The molecular weight excluding hydrogens is 378 g/mol. The molecule has 0 spiro atoms. The van der Waals surface area contributed by atoms with Crippen LogP contribution in [-0.2, 0) is 10.8 Å². The van der Waals surface area contributed by atoms with Gasteiger partial charge < -0.3 is 20.3 Å². The first-order valence-corrected chi connectivity index (χ1v) is 10.6. The Bertz CT molecular complexity index is 933. The minimum atomic E-state index is -0.790. The summed E-state index contributed by atoms with van der Waals surface area (Å²) in [5, 5.41) is 23.5. The van der Waals surface area contributed by atoms with Crippen LogP contribution in [0.25, 0.3) is 0 Å². The van der Waals surface area contributed by atoms with Gasteiger partial charge in [-0.05, 0) is 59.4 Å². The average Bonchev–Trinajstić information content (AvgIpc) is 2.69. The van der Waals surface area contributed by atoms with E-state index in [1.54, 1.807) is 6.07 Å². The van der Waals surface area contributed by atoms with Crippen LogP contribution in [0.4, 0.5) is 0 Å². The Morgan fingerprint density at radius 2 is 1.73 bits per heavy atom. The molecule has 1 unspecified atom stereocenters. The van der Waals surface area contributed by atoms with Crippen molar-refractivity contribution in [3.05, 3.63) is 58.7 Å². The third-order valence-electron chi connectivity index (χ3n) is 6.22. The smallest absolute Gasteiger partial charge is 0.255 e. The van der Waals surface area contributed by atoms with Crippen LogP contribution in [0.5, 0.6) is 11.5 Å². The van der Waals surface area contributed by atoms with Gasteiger partial charge in [0.2, 0.25) is 0 Å². The second kappa shape index (κ2) is 8.31. The molecule has 1 atom stereocenters. The molecule has 0 saturated carbocycles. The van der Waals surface area contributed by atoms with E-state index in [1.165, 1.54) is 23.3 Å². The van der Waals surface area contributed by atoms with Gasteiger partial charge in [0.25, 0.3) is 5.91 Å². The van der Waals surface area contributed by atoms with E-state index in [1.807, 2.05) is 13.0 Å². The number of carbonyl (C=O) groups is 1. The number of amides is 1. The van der Waals surface area contributed by atoms with Crippen molar-refractivity contribution in [3.8, 4) is 11.5 Å². The zero-order valence-corrected chi connectivity index (χ0v) is 18.6. The Morgan fingerprint density at radius 1 is 1.07 bits per heavy atom. The fourth-order valence-electron chi connectivity index (χ4n) is 4.13. The average molecular weight is 412 g/mol. The van der Waals surface area contributed by atoms with Crippen LogP contribution in [0.2, 0.25) is 0 Å². The predicted molar refractivity (Wildman–Crippen MR) is 118 cm³/mol. The Balaban J connectivity index is 1.74. The predicted octanol–water partition coefficient (Wildman–Crippen LogP) is 4.60. The molecule has 3 rings (SSSR count). The van der Waals surface area contributed by atoms with Crippen LogP contribution in [0, 0.1) is 0 Å². The molecule has 0 bridgehead atoms. The van der Waals surface area contributed by atoms with Crippen molar-refractivity contribution >= 4 is 5.91 Å². The lowest BCUT2D eigenvalue weighted by atomic mass is 9.63. The van der Waals surface area contributed by atoms with Crippen molar-refractivity contribution in [1.82, 2.24) is 5.32 Å². The van der Waals surface area contributed by atoms with Gasteiger partial charge in [0, 0.05) is 12.6 Å². The van der Waals surface area contributed by atoms with Crippen LogP contribution in [0.3, 0.4) is 0 Å². The molecule has 0 aliphatic heterocycles. The van der Waals surface area contributed by atoms with E-state index in [2.05, 4.69) is 45.1 Å². The number of hydrogen-bond donors (Lipinski definition) is 3. The number of aliphatic hydroxyl groups excluding tert-OH is 1. The first kappa shape index (κ1) is 22.2. The van der Waals surface area contributed by atoms with E-state index >= 15 is 0 Å². The number of phenolic OH excluding ortho intramolecular Hbond substituents is 1. The molecule has 2 aromatic carbocycles. The van der Waals surface area contributed by atoms with Gasteiger partial charge in [0.15, 0.2) is 0 Å². The zero-order chi connectivity index (χ0) is 22.1. The molecule has 2 aromatic rings. The van der Waals surface area contributed by atoms with Crippen LogP contribution in [0.15, 0.2) is 36.4 Å². The number of nitrogens with one attached hydrogen (secondary N) is 1. The van der Waals surface area contributed by atoms with Crippen LogP contribution in [0.1, 0.15) is 80.6 Å². The maximum atomic E-state index is 11.9. The van der Waals surface area contributed by atoms with E-state index < -0.39 is 6.10 Å². The van der Waals surface area contributed by atoms with Gasteiger partial charge in [-0.1, -0.05) is 45.9 Å². The van der Waals surface area contributed by atoms with E-state index in [4.69, 9.17) is 4.74 Å². The fourth-order valence-corrected chi connectivity index (χ4v) is 4.13. The van der Waals surface area contributed by atoms with Crippen LogP contribution >= 0.6 is 0 Å². The largest absolute Gasteiger partial charge is 0.507 e. The van der Waals surface area contributed by atoms with Gasteiger partial charge in [-0.25, -0.2) is 0 Å². The number of phenols is 1. The van der Waals surface area contributed by atoms with E-state index in [0.717, 1.165) is 18.4 Å². The first-order chi connectivity index (χ1) is 14.0. The van der Waals surface area contributed by atoms with Crippen molar-refractivity contribution in [2.24, 2.45) is 0 Å². The molecule has 5 nitrogen and oxygen atoms in total. The third kappa shape index (κ3) is 4.46. The molecule has 5 heteroatoms. The van der Waals surface area contributed by atoms with E-state index in [9.17, 15) is 15.0 Å². The summed E-state index contributed by atoms with van der Waals surface area (Å²) in [4.78, 5) is 11.9. The van der Waals surface area contributed by atoms with Gasteiger partial charge in [-0.2, -0.15) is 0 Å². The van der Waals surface area contributed by atoms with Crippen LogP contribution < -0.4 is 10.1 Å². The summed E-state index contributed by atoms with van der Waals surface area (Å²) >= 11 is 0. The Morgan fingerprint density at radius 3 is 2.37 bits per heavy atom. The number of hydrogen-bond acceptors (Lipinski definition) is 4. The lowest BCUT2D eigenvalue weighted by Gasteiger charge is -2.42. The molecule has 162 valence electrons. The van der Waals surface area contributed by atoms with Gasteiger partial charge in [0.1, 0.15) is 24.2 Å². The number of carbonyl (C=O) groups excluding carboxylic acids is 1. The standard InChI is InChI=1S/C25H33NO4/c1-6-26-23(29)18-9-8-17(14-21(18)27)30-15-22(28)16-7-10-19-20(13-16)25(4,5)12-11-24(19,2)3/h7-10,13-14,22,27-28H,6,11-12,15H2,1-5H3,(H,26,29). The summed E-state index contributed by atoms with van der Waals surface area (Å²) in [5.41, 5.74) is 3.86. The van der Waals surface area contributed by atoms with Crippen molar-refractivity contribution < 1.29 is 19.7 Å². The number of rotatable bonds is 6. The third-order valence-corrected chi connectivity index (χ3v) is 6.22. The molecule has 30 heavy (non-hydrogen) atoms. The molecule has 1 amide bonds. The number of fused-ring (bicyclic) bond motifs is 1. The molecule has 0 heterocycles. The lowest BCUT2D eigenvalue weighted by Crippen LogP contribution is -2.34. The summed E-state index contributed by atoms with van der Waals surface area (Å²) in [6, 6.07) is 10.8. The van der Waals surface area contributed by atoms with Gasteiger partial charge in [-0.3, -0.25) is 4.79 Å². The Hall–Kier alpha value is -2.53. The highest BCUT2D eigenvalue weighted by Crippen LogP contribution is 2.46. The second-order valence-corrected chi connectivity index (χ2v) is 9.44. The number of aromatic hydroxyl groups is 1. The molecular formula is C25H33NO4. The van der Waals surface area contributed by atoms with Gasteiger partial charge in [0.05, 0.1) is 5.56 Å². The highest BCUT2D eigenvalue weighted by Gasteiger charge is 2.37. The molecule has 1 aliphatic carbocycles. The fraction of sp³-hybridized carbons (Fsp3) is 0.480. The number of aliphatic hydroxyl groups is 1. The minimum absolute atomic E-state index is 0.0581. The lowest BCUT2D eigenvalue weighted by molar-refractivity contribution is 0.0952. The number of benzene rings is 2. The maximum Gasteiger partial charge on any atom is 0.255 e. The summed E-state index contributed by atoms with van der Waals surface area (Å²) in [7, 11) is 0.